The first-order chi connectivity index (χ1) is 9.16. The Morgan fingerprint density at radius 2 is 1.84 bits per heavy atom. The van der Waals surface area contributed by atoms with Crippen molar-refractivity contribution in [3.05, 3.63) is 71.3 Å². The molecule has 0 aromatic heterocycles. The van der Waals surface area contributed by atoms with Crippen LogP contribution in [0.2, 0.25) is 0 Å². The molecular formula is C17H19NO. The van der Waals surface area contributed by atoms with Gasteiger partial charge in [-0.1, -0.05) is 55.0 Å². The fourth-order valence-electron chi connectivity index (χ4n) is 2.03. The molecule has 0 bridgehead atoms. The number of aryl methyl sites for hydroxylation is 1. The summed E-state index contributed by atoms with van der Waals surface area (Å²) >= 11 is 0. The molecule has 2 heteroatoms. The zero-order valence-electron chi connectivity index (χ0n) is 11.4. The number of amides is 1. The molecule has 0 aliphatic rings. The summed E-state index contributed by atoms with van der Waals surface area (Å²) < 4.78 is 0. The van der Waals surface area contributed by atoms with Crippen LogP contribution in [0, 0.1) is 6.92 Å². The lowest BCUT2D eigenvalue weighted by Gasteiger charge is -2.13. The molecule has 1 amide bonds. The van der Waals surface area contributed by atoms with Gasteiger partial charge in [0.05, 0.1) is 0 Å². The number of carbonyl (C=O) groups excluding carboxylic acids is 1. The number of rotatable bonds is 4. The van der Waals surface area contributed by atoms with Gasteiger partial charge in [0.2, 0.25) is 0 Å². The molecule has 1 atom stereocenters. The molecule has 2 aromatic carbocycles. The maximum absolute atomic E-state index is 12.0. The van der Waals surface area contributed by atoms with Crippen molar-refractivity contribution in [2.75, 3.05) is 6.54 Å². The van der Waals surface area contributed by atoms with Gasteiger partial charge < -0.3 is 5.32 Å². The first-order valence-electron chi connectivity index (χ1n) is 6.56. The highest BCUT2D eigenvalue weighted by Gasteiger charge is 2.09. The Bertz CT molecular complexity index is 548. The average Bonchev–Trinajstić information content (AvgIpc) is 2.45. The topological polar surface area (TPSA) is 29.1 Å². The quantitative estimate of drug-likeness (QED) is 0.887. The number of hydrogen-bond acceptors (Lipinski definition) is 1. The van der Waals surface area contributed by atoms with Crippen molar-refractivity contribution in [1.29, 1.82) is 0 Å². The van der Waals surface area contributed by atoms with Crippen LogP contribution in [0.3, 0.4) is 0 Å². The Balaban J connectivity index is 1.94. The van der Waals surface area contributed by atoms with E-state index in [2.05, 4.69) is 24.4 Å². The third kappa shape index (κ3) is 3.68. The van der Waals surface area contributed by atoms with E-state index in [4.69, 9.17) is 0 Å². The Labute approximate surface area is 114 Å². The van der Waals surface area contributed by atoms with Crippen LogP contribution < -0.4 is 5.32 Å². The van der Waals surface area contributed by atoms with Crippen LogP contribution in [-0.4, -0.2) is 12.5 Å². The van der Waals surface area contributed by atoms with Gasteiger partial charge in [-0.2, -0.15) is 0 Å². The lowest BCUT2D eigenvalue weighted by molar-refractivity contribution is 0.0951. The second kappa shape index (κ2) is 6.19. The molecule has 98 valence electrons. The van der Waals surface area contributed by atoms with Crippen molar-refractivity contribution in [2.24, 2.45) is 0 Å². The van der Waals surface area contributed by atoms with Crippen molar-refractivity contribution in [2.45, 2.75) is 19.8 Å². The van der Waals surface area contributed by atoms with Gasteiger partial charge in [-0.15, -0.1) is 0 Å². The molecule has 0 heterocycles. The zero-order chi connectivity index (χ0) is 13.7. The average molecular weight is 253 g/mol. The molecule has 0 saturated carbocycles. The summed E-state index contributed by atoms with van der Waals surface area (Å²) in [5, 5.41) is 2.99. The van der Waals surface area contributed by atoms with Gasteiger partial charge in [0.25, 0.3) is 5.91 Å². The lowest BCUT2D eigenvalue weighted by atomic mass is 10.0. The molecule has 2 rings (SSSR count). The van der Waals surface area contributed by atoms with E-state index in [1.54, 1.807) is 0 Å². The highest BCUT2D eigenvalue weighted by atomic mass is 16.1. The highest BCUT2D eigenvalue weighted by molar-refractivity contribution is 5.94. The molecular weight excluding hydrogens is 234 g/mol. The SMILES string of the molecule is Cc1cccc(C(=O)NCC(C)c2ccccc2)c1. The fraction of sp³-hybridized carbons (Fsp3) is 0.235. The summed E-state index contributed by atoms with van der Waals surface area (Å²) in [6.45, 7) is 4.76. The van der Waals surface area contributed by atoms with Gasteiger partial charge in [-0.05, 0) is 30.5 Å². The third-order valence-electron chi connectivity index (χ3n) is 3.22. The molecule has 0 fully saturated rings. The largest absolute Gasteiger partial charge is 0.351 e. The molecule has 0 spiro atoms. The number of carbonyl (C=O) groups is 1. The van der Waals surface area contributed by atoms with Crippen LogP contribution in [0.1, 0.15) is 34.3 Å². The van der Waals surface area contributed by atoms with Crippen molar-refractivity contribution >= 4 is 5.91 Å². The van der Waals surface area contributed by atoms with Crippen LogP contribution >= 0.6 is 0 Å². The third-order valence-corrected chi connectivity index (χ3v) is 3.22. The Kier molecular flexibility index (Phi) is 4.35. The van der Waals surface area contributed by atoms with E-state index in [-0.39, 0.29) is 5.91 Å². The minimum Gasteiger partial charge on any atom is -0.351 e. The normalized spacial score (nSPS) is 11.9. The van der Waals surface area contributed by atoms with Gasteiger partial charge in [-0.25, -0.2) is 0 Å². The van der Waals surface area contributed by atoms with E-state index >= 15 is 0 Å². The number of hydrogen-bond donors (Lipinski definition) is 1. The molecule has 2 aromatic rings. The van der Waals surface area contributed by atoms with Gasteiger partial charge in [0, 0.05) is 12.1 Å². The smallest absolute Gasteiger partial charge is 0.251 e. The predicted molar refractivity (Wildman–Crippen MR) is 78.4 cm³/mol. The van der Waals surface area contributed by atoms with E-state index in [0.717, 1.165) is 11.1 Å². The van der Waals surface area contributed by atoms with E-state index < -0.39 is 0 Å². The molecule has 2 nitrogen and oxygen atoms in total. The van der Waals surface area contributed by atoms with Crippen molar-refractivity contribution in [3.8, 4) is 0 Å². The molecule has 0 aliphatic heterocycles. The monoisotopic (exact) mass is 253 g/mol. The van der Waals surface area contributed by atoms with Crippen molar-refractivity contribution < 1.29 is 4.79 Å². The second-order valence-electron chi connectivity index (χ2n) is 4.89. The first-order valence-corrected chi connectivity index (χ1v) is 6.56. The summed E-state index contributed by atoms with van der Waals surface area (Å²) in [4.78, 5) is 12.0. The molecule has 0 saturated heterocycles. The minimum absolute atomic E-state index is 0.00789. The maximum Gasteiger partial charge on any atom is 0.251 e. The molecule has 19 heavy (non-hydrogen) atoms. The number of nitrogens with one attached hydrogen (secondary N) is 1. The Morgan fingerprint density at radius 3 is 2.53 bits per heavy atom. The fourth-order valence-corrected chi connectivity index (χ4v) is 2.03. The standard InChI is InChI=1S/C17H19NO/c1-13-7-6-10-16(11-13)17(19)18-12-14(2)15-8-4-3-5-9-15/h3-11,14H,12H2,1-2H3,(H,18,19). The minimum atomic E-state index is -0.00789. The Hall–Kier alpha value is -2.09. The molecule has 1 unspecified atom stereocenters. The van der Waals surface area contributed by atoms with E-state index in [9.17, 15) is 4.79 Å². The molecule has 1 N–H and O–H groups in total. The number of benzene rings is 2. The molecule has 0 radical (unpaired) electrons. The van der Waals surface area contributed by atoms with E-state index in [0.29, 0.717) is 12.5 Å². The van der Waals surface area contributed by atoms with Crippen LogP contribution in [0.5, 0.6) is 0 Å². The van der Waals surface area contributed by atoms with E-state index in [1.165, 1.54) is 5.56 Å². The predicted octanol–water partition coefficient (Wildman–Crippen LogP) is 3.53. The molecule has 0 aliphatic carbocycles. The summed E-state index contributed by atoms with van der Waals surface area (Å²) in [5.74, 6) is 0.307. The van der Waals surface area contributed by atoms with Crippen molar-refractivity contribution in [3.63, 3.8) is 0 Å². The van der Waals surface area contributed by atoms with Gasteiger partial charge in [0.1, 0.15) is 0 Å². The van der Waals surface area contributed by atoms with E-state index in [1.807, 2.05) is 49.4 Å². The zero-order valence-corrected chi connectivity index (χ0v) is 11.4. The summed E-state index contributed by atoms with van der Waals surface area (Å²) in [5.41, 5.74) is 3.07. The second-order valence-corrected chi connectivity index (χ2v) is 4.89. The van der Waals surface area contributed by atoms with Gasteiger partial charge >= 0.3 is 0 Å². The summed E-state index contributed by atoms with van der Waals surface area (Å²) in [7, 11) is 0. The summed E-state index contributed by atoms with van der Waals surface area (Å²) in [6, 6.07) is 17.9. The van der Waals surface area contributed by atoms with Crippen molar-refractivity contribution in [1.82, 2.24) is 5.32 Å². The lowest BCUT2D eigenvalue weighted by Crippen LogP contribution is -2.27. The highest BCUT2D eigenvalue weighted by Crippen LogP contribution is 2.13. The van der Waals surface area contributed by atoms with Gasteiger partial charge in [0.15, 0.2) is 0 Å². The van der Waals surface area contributed by atoms with Crippen LogP contribution in [-0.2, 0) is 0 Å². The van der Waals surface area contributed by atoms with Gasteiger partial charge in [-0.3, -0.25) is 4.79 Å². The Morgan fingerprint density at radius 1 is 1.11 bits per heavy atom. The van der Waals surface area contributed by atoms with Crippen LogP contribution in [0.25, 0.3) is 0 Å². The summed E-state index contributed by atoms with van der Waals surface area (Å²) in [6.07, 6.45) is 0. The van der Waals surface area contributed by atoms with Crippen LogP contribution in [0.4, 0.5) is 0 Å². The maximum atomic E-state index is 12.0. The van der Waals surface area contributed by atoms with Crippen LogP contribution in [0.15, 0.2) is 54.6 Å². The first kappa shape index (κ1) is 13.3.